The molecule has 0 aliphatic heterocycles. The predicted octanol–water partition coefficient (Wildman–Crippen LogP) is 9.42. The van der Waals surface area contributed by atoms with Crippen LogP contribution in [0.2, 0.25) is 0 Å². The lowest BCUT2D eigenvalue weighted by molar-refractivity contribution is 1.18. The van der Waals surface area contributed by atoms with Gasteiger partial charge in [0.05, 0.1) is 33.7 Å². The van der Waals surface area contributed by atoms with Gasteiger partial charge in [0.25, 0.3) is 0 Å². The van der Waals surface area contributed by atoms with Gasteiger partial charge in [0.2, 0.25) is 0 Å². The summed E-state index contributed by atoms with van der Waals surface area (Å²) in [5, 5.41) is 15.0. The van der Waals surface area contributed by atoms with Crippen molar-refractivity contribution in [2.45, 2.75) is 0 Å². The summed E-state index contributed by atoms with van der Waals surface area (Å²) in [5.74, 6) is 0. The Labute approximate surface area is 231 Å². The first-order valence-corrected chi connectivity index (χ1v) is 13.4. The monoisotopic (exact) mass is 509 g/mol. The zero-order valence-corrected chi connectivity index (χ0v) is 21.6. The largest absolute Gasteiger partial charge is 0.309 e. The fraction of sp³-hybridized carbons (Fsp3) is 0. The fourth-order valence-corrected chi connectivity index (χ4v) is 6.20. The normalized spacial score (nSPS) is 11.5. The number of para-hydroxylation sites is 4. The third-order valence-electron chi connectivity index (χ3n) is 7.94. The summed E-state index contributed by atoms with van der Waals surface area (Å²) in [6, 6.07) is 51.2. The highest BCUT2D eigenvalue weighted by Crippen LogP contribution is 2.39. The van der Waals surface area contributed by atoms with E-state index in [0.717, 1.165) is 44.4 Å². The average Bonchev–Trinajstić information content (AvgIpc) is 3.53. The summed E-state index contributed by atoms with van der Waals surface area (Å²) in [6.45, 7) is 0. The van der Waals surface area contributed by atoms with E-state index in [9.17, 15) is 5.26 Å². The van der Waals surface area contributed by atoms with Crippen LogP contribution in [0.15, 0.2) is 140 Å². The molecule has 0 amide bonds. The first-order chi connectivity index (χ1) is 19.8. The zero-order chi connectivity index (χ0) is 26.6. The lowest BCUT2D eigenvalue weighted by Gasteiger charge is -2.10. The van der Waals surface area contributed by atoms with Crippen molar-refractivity contribution in [1.29, 1.82) is 5.26 Å². The van der Waals surface area contributed by atoms with Gasteiger partial charge in [-0.25, -0.2) is 0 Å². The highest BCUT2D eigenvalue weighted by molar-refractivity contribution is 6.13. The minimum atomic E-state index is 0.665. The number of hydrogen-bond acceptors (Lipinski definition) is 1. The summed E-state index contributed by atoms with van der Waals surface area (Å²) in [5.41, 5.74) is 9.36. The van der Waals surface area contributed by atoms with Crippen molar-refractivity contribution in [1.82, 2.24) is 9.13 Å². The van der Waals surface area contributed by atoms with Gasteiger partial charge in [-0.05, 0) is 66.2 Å². The van der Waals surface area contributed by atoms with Crippen LogP contribution in [-0.2, 0) is 0 Å². The van der Waals surface area contributed by atoms with E-state index in [2.05, 4.69) is 143 Å². The molecule has 0 bridgehead atoms. The van der Waals surface area contributed by atoms with E-state index in [1.165, 1.54) is 21.7 Å². The Balaban J connectivity index is 1.41. The lowest BCUT2D eigenvalue weighted by atomic mass is 9.96. The second kappa shape index (κ2) is 8.73. The van der Waals surface area contributed by atoms with Crippen LogP contribution in [-0.4, -0.2) is 9.13 Å². The van der Waals surface area contributed by atoms with Gasteiger partial charge in [0.1, 0.15) is 0 Å². The highest BCUT2D eigenvalue weighted by atomic mass is 15.0. The van der Waals surface area contributed by atoms with E-state index in [-0.39, 0.29) is 0 Å². The van der Waals surface area contributed by atoms with Gasteiger partial charge < -0.3 is 9.13 Å². The molecule has 0 unspecified atom stereocenters. The molecule has 3 heteroatoms. The van der Waals surface area contributed by atoms with Crippen molar-refractivity contribution in [2.24, 2.45) is 0 Å². The van der Waals surface area contributed by atoms with Crippen molar-refractivity contribution in [3.63, 3.8) is 0 Å². The Morgan fingerprint density at radius 3 is 1.52 bits per heavy atom. The van der Waals surface area contributed by atoms with Crippen LogP contribution in [0.5, 0.6) is 0 Å². The Morgan fingerprint density at radius 1 is 0.425 bits per heavy atom. The molecule has 3 nitrogen and oxygen atoms in total. The predicted molar refractivity (Wildman–Crippen MR) is 165 cm³/mol. The van der Waals surface area contributed by atoms with E-state index in [1.807, 2.05) is 12.1 Å². The van der Waals surface area contributed by atoms with Crippen molar-refractivity contribution in [3.05, 3.63) is 145 Å². The Hall–Kier alpha value is -5.59. The lowest BCUT2D eigenvalue weighted by Crippen LogP contribution is -1.94. The van der Waals surface area contributed by atoms with Gasteiger partial charge in [0, 0.05) is 38.5 Å². The highest BCUT2D eigenvalue weighted by Gasteiger charge is 2.18. The number of rotatable bonds is 3. The number of fused-ring (bicyclic) bond motifs is 6. The Bertz CT molecular complexity index is 2260. The van der Waals surface area contributed by atoms with Crippen LogP contribution in [0, 0.1) is 11.3 Å². The van der Waals surface area contributed by atoms with Gasteiger partial charge in [-0.1, -0.05) is 78.9 Å². The molecule has 8 aromatic rings. The number of hydrogen-bond donors (Lipinski definition) is 0. The van der Waals surface area contributed by atoms with E-state index in [0.29, 0.717) is 5.56 Å². The molecular formula is C37H23N3. The molecule has 2 heterocycles. The molecule has 0 radical (unpaired) electrons. The first kappa shape index (κ1) is 22.4. The smallest absolute Gasteiger partial charge is 0.0998 e. The molecule has 0 spiro atoms. The molecule has 0 aliphatic carbocycles. The van der Waals surface area contributed by atoms with Gasteiger partial charge in [-0.2, -0.15) is 5.26 Å². The average molecular weight is 510 g/mol. The van der Waals surface area contributed by atoms with E-state index >= 15 is 0 Å². The molecule has 40 heavy (non-hydrogen) atoms. The maximum atomic E-state index is 10.4. The van der Waals surface area contributed by atoms with Crippen molar-refractivity contribution < 1.29 is 0 Å². The maximum absolute atomic E-state index is 10.4. The zero-order valence-electron chi connectivity index (χ0n) is 21.6. The second-order valence-corrected chi connectivity index (χ2v) is 10.1. The molecular weight excluding hydrogens is 486 g/mol. The fourth-order valence-electron chi connectivity index (χ4n) is 6.20. The molecule has 0 N–H and O–H groups in total. The van der Waals surface area contributed by atoms with Crippen LogP contribution >= 0.6 is 0 Å². The second-order valence-electron chi connectivity index (χ2n) is 10.1. The van der Waals surface area contributed by atoms with Crippen molar-refractivity contribution in [2.75, 3.05) is 0 Å². The number of benzene rings is 6. The van der Waals surface area contributed by atoms with Crippen LogP contribution in [0.4, 0.5) is 0 Å². The van der Waals surface area contributed by atoms with Crippen LogP contribution in [0.25, 0.3) is 66.1 Å². The molecule has 0 saturated heterocycles. The van der Waals surface area contributed by atoms with Crippen molar-refractivity contribution in [3.8, 4) is 28.6 Å². The quantitative estimate of drug-likeness (QED) is 0.233. The summed E-state index contributed by atoms with van der Waals surface area (Å²) in [6.07, 6.45) is 0. The molecule has 186 valence electrons. The maximum Gasteiger partial charge on any atom is 0.0998 e. The van der Waals surface area contributed by atoms with Crippen LogP contribution in [0.1, 0.15) is 5.56 Å². The summed E-state index contributed by atoms with van der Waals surface area (Å²) in [7, 11) is 0. The number of aromatic nitrogens is 2. The number of nitrogens with zero attached hydrogens (tertiary/aromatic N) is 3. The SMILES string of the molecule is N#Cc1cc2c(cc1-c1ccc3c(c1)c1ccccc1n3-c1ccccc1)c1ccccc1n2-c1ccccc1. The Kier molecular flexibility index (Phi) is 4.89. The van der Waals surface area contributed by atoms with Crippen LogP contribution in [0.3, 0.4) is 0 Å². The third-order valence-corrected chi connectivity index (χ3v) is 7.94. The summed E-state index contributed by atoms with van der Waals surface area (Å²) < 4.78 is 4.57. The van der Waals surface area contributed by atoms with E-state index in [4.69, 9.17) is 0 Å². The number of nitriles is 1. The first-order valence-electron chi connectivity index (χ1n) is 13.4. The molecule has 0 fully saturated rings. The van der Waals surface area contributed by atoms with E-state index < -0.39 is 0 Å². The van der Waals surface area contributed by atoms with E-state index in [1.54, 1.807) is 0 Å². The van der Waals surface area contributed by atoms with Gasteiger partial charge in [0.15, 0.2) is 0 Å². The topological polar surface area (TPSA) is 33.6 Å². The van der Waals surface area contributed by atoms with Gasteiger partial charge in [-0.3, -0.25) is 0 Å². The molecule has 0 saturated carbocycles. The third kappa shape index (κ3) is 3.24. The molecule has 8 rings (SSSR count). The minimum Gasteiger partial charge on any atom is -0.309 e. The standard InChI is InChI=1S/C37H23N3/c38-24-26-22-37-33(30-16-8-10-18-35(30)40(37)28-13-5-2-6-14-28)23-31(26)25-19-20-36-32(21-25)29-15-7-9-17-34(29)39(36)27-11-3-1-4-12-27/h1-23H. The summed E-state index contributed by atoms with van der Waals surface area (Å²) in [4.78, 5) is 0. The molecule has 6 aromatic carbocycles. The van der Waals surface area contributed by atoms with Gasteiger partial charge in [-0.15, -0.1) is 0 Å². The van der Waals surface area contributed by atoms with Gasteiger partial charge >= 0.3 is 0 Å². The van der Waals surface area contributed by atoms with Crippen LogP contribution < -0.4 is 0 Å². The molecule has 2 aromatic heterocycles. The minimum absolute atomic E-state index is 0.665. The Morgan fingerprint density at radius 2 is 0.925 bits per heavy atom. The molecule has 0 atom stereocenters. The summed E-state index contributed by atoms with van der Waals surface area (Å²) >= 11 is 0. The molecule has 0 aliphatic rings. The van der Waals surface area contributed by atoms with Crippen molar-refractivity contribution >= 4 is 43.6 Å².